The molecule has 154 valence electrons. The van der Waals surface area contributed by atoms with Crippen molar-refractivity contribution in [3.8, 4) is 5.75 Å². The summed E-state index contributed by atoms with van der Waals surface area (Å²) in [6.07, 6.45) is 2.28. The van der Waals surface area contributed by atoms with Crippen LogP contribution in [0.4, 0.5) is 4.39 Å². The highest BCUT2D eigenvalue weighted by Gasteiger charge is 2.32. The van der Waals surface area contributed by atoms with Gasteiger partial charge in [-0.1, -0.05) is 12.1 Å². The lowest BCUT2D eigenvalue weighted by Gasteiger charge is -2.30. The molecule has 1 amide bonds. The van der Waals surface area contributed by atoms with Gasteiger partial charge in [0.15, 0.2) is 0 Å². The average Bonchev–Trinajstić information content (AvgIpc) is 2.74. The van der Waals surface area contributed by atoms with Crippen LogP contribution < -0.4 is 10.2 Å². The number of carbonyl (C=O) groups excluding carboxylic acids is 1. The average molecular weight is 419 g/mol. The van der Waals surface area contributed by atoms with E-state index in [2.05, 4.69) is 10.5 Å². The Kier molecular flexibility index (Phi) is 6.60. The van der Waals surface area contributed by atoms with Crippen LogP contribution in [-0.4, -0.2) is 45.0 Å². The monoisotopic (exact) mass is 419 g/mol. The highest BCUT2D eigenvalue weighted by Crippen LogP contribution is 2.24. The number of hydrogen-bond donors (Lipinski definition) is 1. The molecule has 2 aromatic carbocycles. The van der Waals surface area contributed by atoms with E-state index in [-0.39, 0.29) is 29.8 Å². The van der Waals surface area contributed by atoms with Crippen molar-refractivity contribution in [1.82, 2.24) is 9.73 Å². The van der Waals surface area contributed by atoms with E-state index in [4.69, 9.17) is 4.74 Å². The maximum Gasteiger partial charge on any atom is 0.243 e. The molecule has 9 heteroatoms. The second-order valence-electron chi connectivity index (χ2n) is 6.61. The van der Waals surface area contributed by atoms with Crippen LogP contribution in [0.1, 0.15) is 18.4 Å². The van der Waals surface area contributed by atoms with Gasteiger partial charge in [-0.05, 0) is 49.2 Å². The first-order chi connectivity index (χ1) is 13.9. The summed E-state index contributed by atoms with van der Waals surface area (Å²) in [4.78, 5) is 12.4. The Morgan fingerprint density at radius 3 is 2.48 bits per heavy atom. The van der Waals surface area contributed by atoms with E-state index < -0.39 is 15.8 Å². The number of nitrogens with one attached hydrogen (secondary N) is 1. The number of hydrogen-bond acceptors (Lipinski definition) is 5. The first kappa shape index (κ1) is 20.9. The molecule has 0 aliphatic carbocycles. The predicted octanol–water partition coefficient (Wildman–Crippen LogP) is 2.39. The van der Waals surface area contributed by atoms with Crippen LogP contribution in [0, 0.1) is 11.7 Å². The minimum absolute atomic E-state index is 0.0446. The molecule has 7 nitrogen and oxygen atoms in total. The molecule has 0 unspecified atom stereocenters. The fourth-order valence-electron chi connectivity index (χ4n) is 3.14. The van der Waals surface area contributed by atoms with Gasteiger partial charge in [-0.15, -0.1) is 0 Å². The number of nitrogens with zero attached hydrogens (tertiary/aromatic N) is 2. The van der Waals surface area contributed by atoms with Gasteiger partial charge in [-0.25, -0.2) is 18.2 Å². The molecular weight excluding hydrogens is 397 g/mol. The van der Waals surface area contributed by atoms with Gasteiger partial charge in [0.05, 0.1) is 18.2 Å². The third-order valence-electron chi connectivity index (χ3n) is 4.79. The zero-order chi connectivity index (χ0) is 20.9. The number of halogens is 1. The maximum absolute atomic E-state index is 13.0. The maximum atomic E-state index is 13.0. The Balaban J connectivity index is 1.55. The summed E-state index contributed by atoms with van der Waals surface area (Å²) in [6, 6.07) is 12.0. The molecule has 1 saturated heterocycles. The number of ether oxygens (including phenoxy) is 1. The van der Waals surface area contributed by atoms with E-state index in [1.54, 1.807) is 13.2 Å². The Labute approximate surface area is 169 Å². The normalized spacial score (nSPS) is 16.1. The van der Waals surface area contributed by atoms with Gasteiger partial charge in [-0.3, -0.25) is 4.79 Å². The van der Waals surface area contributed by atoms with Gasteiger partial charge >= 0.3 is 0 Å². The van der Waals surface area contributed by atoms with Gasteiger partial charge in [-0.2, -0.15) is 9.41 Å². The number of carbonyl (C=O) groups is 1. The lowest BCUT2D eigenvalue weighted by molar-refractivity contribution is -0.126. The number of methoxy groups -OCH3 is 1. The first-order valence-corrected chi connectivity index (χ1v) is 10.6. The Bertz CT molecular complexity index is 985. The topological polar surface area (TPSA) is 88.1 Å². The molecule has 1 N–H and O–H groups in total. The quantitative estimate of drug-likeness (QED) is 0.575. The Morgan fingerprint density at radius 1 is 1.17 bits per heavy atom. The van der Waals surface area contributed by atoms with E-state index in [1.165, 1.54) is 22.7 Å². The van der Waals surface area contributed by atoms with Crippen molar-refractivity contribution >= 4 is 22.1 Å². The van der Waals surface area contributed by atoms with Crippen molar-refractivity contribution in [1.29, 1.82) is 0 Å². The first-order valence-electron chi connectivity index (χ1n) is 9.13. The van der Waals surface area contributed by atoms with Gasteiger partial charge in [0.2, 0.25) is 15.9 Å². The summed E-state index contributed by atoms with van der Waals surface area (Å²) in [6.45, 7) is 0.433. The van der Waals surface area contributed by atoms with Crippen molar-refractivity contribution < 1.29 is 22.3 Å². The van der Waals surface area contributed by atoms with Gasteiger partial charge in [0.1, 0.15) is 11.6 Å². The van der Waals surface area contributed by atoms with E-state index in [1.807, 2.05) is 18.2 Å². The lowest BCUT2D eigenvalue weighted by atomic mass is 9.98. The second kappa shape index (κ2) is 9.15. The minimum atomic E-state index is -3.70. The SMILES string of the molecule is COc1ccccc1/C=N\NC(=O)C1CCN(S(=O)(=O)c2ccc(F)cc2)CC1. The summed E-state index contributed by atoms with van der Waals surface area (Å²) in [5.74, 6) is -0.433. The molecule has 0 spiro atoms. The summed E-state index contributed by atoms with van der Waals surface area (Å²) < 4.78 is 44.8. The molecule has 1 fully saturated rings. The van der Waals surface area contributed by atoms with Gasteiger partial charge in [0.25, 0.3) is 0 Å². The summed E-state index contributed by atoms with van der Waals surface area (Å²) in [7, 11) is -2.14. The largest absolute Gasteiger partial charge is 0.496 e. The zero-order valence-electron chi connectivity index (χ0n) is 15.9. The van der Waals surface area contributed by atoms with Crippen LogP contribution in [0.5, 0.6) is 5.75 Å². The number of piperidine rings is 1. The van der Waals surface area contributed by atoms with Crippen molar-refractivity contribution in [2.75, 3.05) is 20.2 Å². The summed E-state index contributed by atoms with van der Waals surface area (Å²) in [5.41, 5.74) is 3.24. The van der Waals surface area contributed by atoms with E-state index >= 15 is 0 Å². The van der Waals surface area contributed by atoms with Crippen molar-refractivity contribution in [2.24, 2.45) is 11.0 Å². The van der Waals surface area contributed by atoms with Crippen LogP contribution >= 0.6 is 0 Å². The van der Waals surface area contributed by atoms with Crippen LogP contribution in [0.2, 0.25) is 0 Å². The van der Waals surface area contributed by atoms with Crippen LogP contribution in [-0.2, 0) is 14.8 Å². The summed E-state index contributed by atoms with van der Waals surface area (Å²) >= 11 is 0. The fourth-order valence-corrected chi connectivity index (χ4v) is 4.61. The smallest absolute Gasteiger partial charge is 0.243 e. The van der Waals surface area contributed by atoms with E-state index in [0.717, 1.165) is 17.7 Å². The molecule has 29 heavy (non-hydrogen) atoms. The number of hydrazone groups is 1. The third-order valence-corrected chi connectivity index (χ3v) is 6.71. The zero-order valence-corrected chi connectivity index (χ0v) is 16.7. The van der Waals surface area contributed by atoms with Crippen LogP contribution in [0.15, 0.2) is 58.5 Å². The summed E-state index contributed by atoms with van der Waals surface area (Å²) in [5, 5.41) is 3.98. The molecule has 0 aromatic heterocycles. The third kappa shape index (κ3) is 4.99. The lowest BCUT2D eigenvalue weighted by Crippen LogP contribution is -2.42. The number of amides is 1. The van der Waals surface area contributed by atoms with Crippen molar-refractivity contribution in [3.63, 3.8) is 0 Å². The molecule has 0 atom stereocenters. The van der Waals surface area contributed by atoms with E-state index in [9.17, 15) is 17.6 Å². The molecule has 1 aliphatic heterocycles. The van der Waals surface area contributed by atoms with Crippen molar-refractivity contribution in [2.45, 2.75) is 17.7 Å². The highest BCUT2D eigenvalue weighted by molar-refractivity contribution is 7.89. The molecule has 0 radical (unpaired) electrons. The van der Waals surface area contributed by atoms with Crippen LogP contribution in [0.3, 0.4) is 0 Å². The van der Waals surface area contributed by atoms with Gasteiger partial charge < -0.3 is 4.74 Å². The minimum Gasteiger partial charge on any atom is -0.496 e. The molecule has 2 aromatic rings. The number of para-hydroxylation sites is 1. The molecule has 0 saturated carbocycles. The highest BCUT2D eigenvalue weighted by atomic mass is 32.2. The van der Waals surface area contributed by atoms with Gasteiger partial charge in [0, 0.05) is 24.6 Å². The number of rotatable bonds is 6. The second-order valence-corrected chi connectivity index (χ2v) is 8.55. The standard InChI is InChI=1S/C20H22FN3O4S/c1-28-19-5-3-2-4-16(19)14-22-23-20(25)15-10-12-24(13-11-15)29(26,27)18-8-6-17(21)7-9-18/h2-9,14-15H,10-13H2,1H3,(H,23,25)/b22-14-. The number of sulfonamides is 1. The van der Waals surface area contributed by atoms with Crippen LogP contribution in [0.25, 0.3) is 0 Å². The molecular formula is C20H22FN3O4S. The molecule has 1 aliphatic rings. The van der Waals surface area contributed by atoms with E-state index in [0.29, 0.717) is 18.6 Å². The Morgan fingerprint density at radius 2 is 1.83 bits per heavy atom. The fraction of sp³-hybridized carbons (Fsp3) is 0.300. The van der Waals surface area contributed by atoms with Crippen molar-refractivity contribution in [3.05, 3.63) is 59.9 Å². The molecule has 3 rings (SSSR count). The number of benzene rings is 2. The Hall–Kier alpha value is -2.78. The molecule has 1 heterocycles. The predicted molar refractivity (Wildman–Crippen MR) is 107 cm³/mol. The molecule has 0 bridgehead atoms.